The highest BCUT2D eigenvalue weighted by Gasteiger charge is 2.39. The molecule has 2 heterocycles. The van der Waals surface area contributed by atoms with Gasteiger partial charge in [0.1, 0.15) is 17.3 Å². The van der Waals surface area contributed by atoms with Crippen molar-refractivity contribution >= 4 is 27.5 Å². The van der Waals surface area contributed by atoms with Crippen molar-refractivity contribution in [1.82, 2.24) is 4.90 Å². The number of aliphatic imine (C=N–C) groups is 1. The van der Waals surface area contributed by atoms with Gasteiger partial charge in [-0.15, -0.1) is 0 Å². The zero-order valence-electron chi connectivity index (χ0n) is 15.4. The van der Waals surface area contributed by atoms with E-state index in [1.165, 1.54) is 30.3 Å². The van der Waals surface area contributed by atoms with E-state index in [1.807, 2.05) is 0 Å². The molecule has 0 bridgehead atoms. The Bertz CT molecular complexity index is 1110. The highest BCUT2D eigenvalue weighted by atomic mass is 32.2. The molecule has 0 aromatic heterocycles. The van der Waals surface area contributed by atoms with Crippen LogP contribution in [0.2, 0.25) is 0 Å². The normalized spacial score (nSPS) is 18.0. The van der Waals surface area contributed by atoms with E-state index in [9.17, 15) is 17.6 Å². The number of anilines is 1. The Hall–Kier alpha value is -2.98. The topological polar surface area (TPSA) is 131 Å². The third kappa shape index (κ3) is 3.56. The van der Waals surface area contributed by atoms with Gasteiger partial charge in [-0.3, -0.25) is 4.79 Å². The van der Waals surface area contributed by atoms with Gasteiger partial charge in [-0.25, -0.2) is 22.9 Å². The van der Waals surface area contributed by atoms with Crippen molar-refractivity contribution in [1.29, 1.82) is 0 Å². The predicted octanol–water partition coefficient (Wildman–Crippen LogP) is 1.24. The fourth-order valence-electron chi connectivity index (χ4n) is 3.74. The number of halogens is 1. The number of hydrogen-bond donors (Lipinski definition) is 3. The molecular formula is C19H20FN5O3S. The molecule has 0 radical (unpaired) electrons. The summed E-state index contributed by atoms with van der Waals surface area (Å²) in [5, 5.41) is 8.36. The molecule has 1 spiro atoms. The van der Waals surface area contributed by atoms with Crippen LogP contribution < -0.4 is 16.2 Å². The first-order valence-corrected chi connectivity index (χ1v) is 10.6. The molecule has 1 fully saturated rings. The van der Waals surface area contributed by atoms with Crippen molar-refractivity contribution in [2.75, 3.05) is 18.4 Å². The van der Waals surface area contributed by atoms with Gasteiger partial charge in [0.05, 0.1) is 10.5 Å². The van der Waals surface area contributed by atoms with Crippen molar-refractivity contribution in [2.45, 2.75) is 23.4 Å². The maximum Gasteiger partial charge on any atom is 0.253 e. The minimum Gasteiger partial charge on any atom is -0.383 e. The number of amidine groups is 1. The lowest BCUT2D eigenvalue weighted by Crippen LogP contribution is -2.52. The van der Waals surface area contributed by atoms with Crippen LogP contribution >= 0.6 is 0 Å². The van der Waals surface area contributed by atoms with Gasteiger partial charge in [-0.2, -0.15) is 0 Å². The molecule has 0 unspecified atom stereocenters. The zero-order chi connectivity index (χ0) is 20.8. The van der Waals surface area contributed by atoms with E-state index in [4.69, 9.17) is 10.9 Å². The molecule has 2 aliphatic heterocycles. The summed E-state index contributed by atoms with van der Waals surface area (Å²) in [6.45, 7) is 0.842. The molecule has 5 N–H and O–H groups in total. The summed E-state index contributed by atoms with van der Waals surface area (Å²) in [5.41, 5.74) is 6.57. The van der Waals surface area contributed by atoms with Gasteiger partial charge in [0, 0.05) is 37.2 Å². The second-order valence-electron chi connectivity index (χ2n) is 7.18. The van der Waals surface area contributed by atoms with Gasteiger partial charge in [0.2, 0.25) is 10.0 Å². The maximum atomic E-state index is 14.0. The predicted molar refractivity (Wildman–Crippen MR) is 106 cm³/mol. The average molecular weight is 417 g/mol. The first-order chi connectivity index (χ1) is 13.7. The number of likely N-dealkylation sites (tertiary alicyclic amines) is 1. The van der Waals surface area contributed by atoms with Gasteiger partial charge in [0.15, 0.2) is 0 Å². The fourth-order valence-corrected chi connectivity index (χ4v) is 4.26. The first-order valence-electron chi connectivity index (χ1n) is 9.03. The monoisotopic (exact) mass is 417 g/mol. The van der Waals surface area contributed by atoms with E-state index in [2.05, 4.69) is 10.3 Å². The number of piperidine rings is 1. The number of rotatable bonds is 2. The molecule has 2 aromatic rings. The van der Waals surface area contributed by atoms with E-state index < -0.39 is 21.5 Å². The van der Waals surface area contributed by atoms with Crippen LogP contribution in [0.25, 0.3) is 0 Å². The smallest absolute Gasteiger partial charge is 0.253 e. The average Bonchev–Trinajstić information content (AvgIpc) is 2.67. The van der Waals surface area contributed by atoms with Crippen molar-refractivity contribution in [3.8, 4) is 0 Å². The molecule has 1 saturated heterocycles. The summed E-state index contributed by atoms with van der Waals surface area (Å²) in [5.74, 6) is -0.489. The molecule has 2 aliphatic rings. The number of sulfonamides is 1. The van der Waals surface area contributed by atoms with Gasteiger partial charge >= 0.3 is 0 Å². The van der Waals surface area contributed by atoms with E-state index in [0.717, 1.165) is 0 Å². The number of amides is 1. The zero-order valence-corrected chi connectivity index (χ0v) is 16.2. The molecule has 0 atom stereocenters. The molecule has 2 aromatic carbocycles. The van der Waals surface area contributed by atoms with E-state index in [-0.39, 0.29) is 22.2 Å². The van der Waals surface area contributed by atoms with Crippen LogP contribution in [0.3, 0.4) is 0 Å². The van der Waals surface area contributed by atoms with Crippen molar-refractivity contribution < 1.29 is 17.6 Å². The second kappa shape index (κ2) is 6.82. The number of nitrogens with two attached hydrogens (primary N) is 2. The Kier molecular flexibility index (Phi) is 4.55. The third-order valence-corrected chi connectivity index (χ3v) is 6.21. The summed E-state index contributed by atoms with van der Waals surface area (Å²) in [7, 11) is -3.81. The van der Waals surface area contributed by atoms with E-state index >= 15 is 0 Å². The Morgan fingerprint density at radius 2 is 1.79 bits per heavy atom. The molecule has 10 heteroatoms. The first kappa shape index (κ1) is 19.3. The number of benzene rings is 2. The van der Waals surface area contributed by atoms with Crippen LogP contribution in [0.1, 0.15) is 28.8 Å². The summed E-state index contributed by atoms with van der Waals surface area (Å²) in [4.78, 5) is 18.9. The highest BCUT2D eigenvalue weighted by molar-refractivity contribution is 7.89. The largest absolute Gasteiger partial charge is 0.383 e. The Balaban J connectivity index is 1.49. The number of carbonyl (C=O) groups excluding carboxylic acids is 1. The molecule has 8 nitrogen and oxygen atoms in total. The van der Waals surface area contributed by atoms with Crippen LogP contribution in [0, 0.1) is 5.82 Å². The van der Waals surface area contributed by atoms with E-state index in [1.54, 1.807) is 17.0 Å². The summed E-state index contributed by atoms with van der Waals surface area (Å²) < 4.78 is 36.7. The molecule has 29 heavy (non-hydrogen) atoms. The van der Waals surface area contributed by atoms with Crippen LogP contribution in [0.4, 0.5) is 10.1 Å². The molecule has 4 rings (SSSR count). The second-order valence-corrected chi connectivity index (χ2v) is 8.74. The summed E-state index contributed by atoms with van der Waals surface area (Å²) in [6, 6.07) is 10.2. The van der Waals surface area contributed by atoms with Gasteiger partial charge in [0.25, 0.3) is 5.91 Å². The number of nitrogens with one attached hydrogen (secondary N) is 1. The van der Waals surface area contributed by atoms with Crippen molar-refractivity contribution in [2.24, 2.45) is 15.9 Å². The van der Waals surface area contributed by atoms with Gasteiger partial charge in [-0.1, -0.05) is 6.07 Å². The van der Waals surface area contributed by atoms with Crippen LogP contribution in [0.5, 0.6) is 0 Å². The molecule has 0 saturated carbocycles. The SMILES string of the molecule is NC1=NC2(CCN(C(=O)c3ccc(S(N)(=O)=O)cc3)CC2)Nc2cccc(F)c21. The van der Waals surface area contributed by atoms with Crippen LogP contribution in [-0.4, -0.2) is 43.8 Å². The lowest BCUT2D eigenvalue weighted by molar-refractivity contribution is 0.0685. The molecule has 152 valence electrons. The lowest BCUT2D eigenvalue weighted by atomic mass is 9.93. The Morgan fingerprint density at radius 1 is 1.14 bits per heavy atom. The fraction of sp³-hybridized carbons (Fsp3) is 0.263. The van der Waals surface area contributed by atoms with Gasteiger partial charge in [-0.05, 0) is 36.4 Å². The third-order valence-electron chi connectivity index (χ3n) is 5.28. The molecular weight excluding hydrogens is 397 g/mol. The van der Waals surface area contributed by atoms with Crippen LogP contribution in [-0.2, 0) is 10.0 Å². The van der Waals surface area contributed by atoms with Gasteiger partial charge < -0.3 is 16.0 Å². The number of fused-ring (bicyclic) bond motifs is 1. The standard InChI is InChI=1S/C19H20FN5O3S/c20-14-2-1-3-15-16(14)17(21)24-19(23-15)8-10-25(11-9-19)18(26)12-4-6-13(7-5-12)29(22,27)28/h1-7,23H,8-11H2,(H2,21,24)(H2,22,27,28). The minimum absolute atomic E-state index is 0.0474. The molecule has 1 amide bonds. The van der Waals surface area contributed by atoms with Crippen molar-refractivity contribution in [3.63, 3.8) is 0 Å². The highest BCUT2D eigenvalue weighted by Crippen LogP contribution is 2.35. The lowest BCUT2D eigenvalue weighted by Gasteiger charge is -2.42. The maximum absolute atomic E-state index is 14.0. The quantitative estimate of drug-likeness (QED) is 0.677. The number of nitrogens with zero attached hydrogens (tertiary/aromatic N) is 2. The van der Waals surface area contributed by atoms with E-state index in [0.29, 0.717) is 37.2 Å². The number of hydrogen-bond acceptors (Lipinski definition) is 6. The Labute approximate surface area is 167 Å². The Morgan fingerprint density at radius 3 is 2.41 bits per heavy atom. The summed E-state index contributed by atoms with van der Waals surface area (Å²) in [6.07, 6.45) is 1.01. The van der Waals surface area contributed by atoms with Crippen LogP contribution in [0.15, 0.2) is 52.4 Å². The minimum atomic E-state index is -3.81. The molecule has 0 aliphatic carbocycles. The number of primary sulfonamides is 1. The number of carbonyl (C=O) groups is 1. The van der Waals surface area contributed by atoms with Crippen molar-refractivity contribution in [3.05, 3.63) is 59.4 Å². The summed E-state index contributed by atoms with van der Waals surface area (Å²) >= 11 is 0.